The largest absolute Gasteiger partial charge is 0.459 e. The second kappa shape index (κ2) is 28.4. The molecule has 7 rings (SSSR count). The van der Waals surface area contributed by atoms with Gasteiger partial charge in [-0.25, -0.2) is 14.4 Å². The number of ether oxygens (including phenoxy) is 9. The smallest absolute Gasteiger partial charge is 0.338 e. The molecule has 17 nitrogen and oxygen atoms in total. The summed E-state index contributed by atoms with van der Waals surface area (Å²) in [5, 5.41) is 26.3. The van der Waals surface area contributed by atoms with E-state index in [9.17, 15) is 19.8 Å². The van der Waals surface area contributed by atoms with Gasteiger partial charge >= 0.3 is 17.9 Å². The molecular formula is C66H89N2O15P. The second-order valence-corrected chi connectivity index (χ2v) is 26.3. The van der Waals surface area contributed by atoms with Crippen LogP contribution >= 0.6 is 7.29 Å². The minimum Gasteiger partial charge on any atom is -0.459 e. The summed E-state index contributed by atoms with van der Waals surface area (Å²) in [4.78, 5) is 45.1. The van der Waals surface area contributed by atoms with Crippen LogP contribution in [0.5, 0.6) is 0 Å². The Balaban J connectivity index is 1.43. The molecule has 0 aliphatic carbocycles. The quantitative estimate of drug-likeness (QED) is 0.0437. The number of hydrogen-bond acceptors (Lipinski definition) is 16. The summed E-state index contributed by atoms with van der Waals surface area (Å²) in [7, 11) is 1.36. The molecule has 3 saturated heterocycles. The van der Waals surface area contributed by atoms with Crippen molar-refractivity contribution in [3.63, 3.8) is 0 Å². The molecule has 0 radical (unpaired) electrons. The highest BCUT2D eigenvalue weighted by atomic mass is 31.2. The van der Waals surface area contributed by atoms with Crippen LogP contribution in [0.25, 0.3) is 0 Å². The van der Waals surface area contributed by atoms with Crippen LogP contribution in [-0.2, 0) is 52.0 Å². The van der Waals surface area contributed by atoms with E-state index in [4.69, 9.17) is 47.4 Å². The number of benzene rings is 4. The molecule has 4 aromatic rings. The predicted molar refractivity (Wildman–Crippen MR) is 322 cm³/mol. The number of esters is 3. The molecule has 458 valence electrons. The van der Waals surface area contributed by atoms with Crippen molar-refractivity contribution in [2.24, 2.45) is 28.4 Å². The van der Waals surface area contributed by atoms with Crippen LogP contribution in [-0.4, -0.2) is 151 Å². The van der Waals surface area contributed by atoms with Gasteiger partial charge in [0.15, 0.2) is 24.8 Å². The van der Waals surface area contributed by atoms with Crippen molar-refractivity contribution in [2.45, 2.75) is 179 Å². The first-order valence-corrected chi connectivity index (χ1v) is 31.0. The molecular weight excluding hydrogens is 1090 g/mol. The highest BCUT2D eigenvalue weighted by molar-refractivity contribution is 7.77. The van der Waals surface area contributed by atoms with Gasteiger partial charge in [0.1, 0.15) is 17.3 Å². The summed E-state index contributed by atoms with van der Waals surface area (Å²) in [6.07, 6.45) is -8.63. The molecule has 18 atom stereocenters. The van der Waals surface area contributed by atoms with Gasteiger partial charge in [-0.15, -0.1) is 6.58 Å². The monoisotopic (exact) mass is 1180 g/mol. The third-order valence-corrected chi connectivity index (χ3v) is 19.8. The number of aliphatic hydroxyl groups is 2. The standard InChI is InChI=1S/C66H89N2O15P/c1-15-37-76-65(10)39-41(3)54(67-84(74,49-33-25-19-26-34-49)50-35-27-20-28-36-50)43(5)57(69)66(11,73)52(16-2)79-60(70)45(7)55(80-53-40-64(9,75-14)59(46(8)78-53)82-62(72)48-31-23-18-24-32-48)44(6)58(65)83-63-56(51(68(12)13)38-42(4)77-63)81-61(71)47-29-21-17-22-30-47/h15,17-36,41-46,51-53,55-59,63,69,73H,1,16,37-40H2,2-14H3/b67-54+/t41-,42-,43+,44+,45-,46+,51+,52-,53+,55+,56-,57-,58-,59+,63+,64-,65-,66-/m1/s1. The number of aliphatic hydroxyl groups excluding tert-OH is 1. The van der Waals surface area contributed by atoms with Crippen molar-refractivity contribution in [2.75, 3.05) is 27.8 Å². The van der Waals surface area contributed by atoms with Gasteiger partial charge in [-0.3, -0.25) is 9.36 Å². The predicted octanol–water partition coefficient (Wildman–Crippen LogP) is 9.53. The minimum atomic E-state index is -3.96. The van der Waals surface area contributed by atoms with Gasteiger partial charge in [0.25, 0.3) is 0 Å². The lowest BCUT2D eigenvalue weighted by atomic mass is 9.73. The summed E-state index contributed by atoms with van der Waals surface area (Å²) < 4.78 is 82.0. The maximum atomic E-state index is 16.1. The molecule has 0 bridgehead atoms. The molecule has 2 N–H and O–H groups in total. The summed E-state index contributed by atoms with van der Waals surface area (Å²) in [6, 6.07) is 34.7. The SMILES string of the molecule is C=CCO[C@]1(C)C[C@@H](C)/C(=N\P(=O)(c2ccccc2)c2ccccc2)[C@H](C)[C@@H](O)[C@](C)(O)[C@@H](CC)OC(=O)[C@H](C)[C@@H](O[C@H]2C[C@@](C)(OC)[C@@H](OC(=O)c3ccccc3)[C@H](C)O2)[C@H](C)[C@H]1O[C@@H]1O[C@H](C)C[C@H](N(C)C)[C@H]1OC(=O)c1ccccc1. The van der Waals surface area contributed by atoms with Gasteiger partial charge in [-0.1, -0.05) is 107 Å². The molecule has 3 aliphatic heterocycles. The van der Waals surface area contributed by atoms with E-state index in [1.165, 1.54) is 14.0 Å². The van der Waals surface area contributed by atoms with E-state index in [1.54, 1.807) is 144 Å². The maximum absolute atomic E-state index is 16.1. The van der Waals surface area contributed by atoms with E-state index in [1.807, 2.05) is 64.9 Å². The number of carbonyl (C=O) groups excluding carboxylic acids is 3. The van der Waals surface area contributed by atoms with Crippen molar-refractivity contribution in [3.8, 4) is 0 Å². The Morgan fingerprint density at radius 3 is 1.80 bits per heavy atom. The van der Waals surface area contributed by atoms with Crippen LogP contribution in [0.4, 0.5) is 0 Å². The van der Waals surface area contributed by atoms with Gasteiger partial charge in [0.05, 0.1) is 65.8 Å². The van der Waals surface area contributed by atoms with Gasteiger partial charge in [0.2, 0.25) is 7.29 Å². The molecule has 3 fully saturated rings. The van der Waals surface area contributed by atoms with Crippen LogP contribution in [0.3, 0.4) is 0 Å². The van der Waals surface area contributed by atoms with Crippen LogP contribution in [0.1, 0.15) is 116 Å². The maximum Gasteiger partial charge on any atom is 0.338 e. The molecule has 84 heavy (non-hydrogen) atoms. The first-order chi connectivity index (χ1) is 39.8. The molecule has 0 spiro atoms. The summed E-state index contributed by atoms with van der Waals surface area (Å²) >= 11 is 0. The Hall–Kier alpha value is -5.43. The van der Waals surface area contributed by atoms with E-state index in [0.717, 1.165) is 0 Å². The van der Waals surface area contributed by atoms with E-state index < -0.39 is 133 Å². The van der Waals surface area contributed by atoms with E-state index >= 15 is 9.36 Å². The highest BCUT2D eigenvalue weighted by Gasteiger charge is 2.56. The van der Waals surface area contributed by atoms with E-state index in [-0.39, 0.29) is 31.6 Å². The normalized spacial score (nSPS) is 35.1. The number of rotatable bonds is 17. The van der Waals surface area contributed by atoms with Gasteiger partial charge in [-0.2, -0.15) is 0 Å². The lowest BCUT2D eigenvalue weighted by Gasteiger charge is -2.50. The lowest BCUT2D eigenvalue weighted by molar-refractivity contribution is -0.319. The van der Waals surface area contributed by atoms with E-state index in [2.05, 4.69) is 6.58 Å². The molecule has 3 heterocycles. The summed E-state index contributed by atoms with van der Waals surface area (Å²) in [5.41, 5.74) is -3.83. The third-order valence-electron chi connectivity index (χ3n) is 17.3. The summed E-state index contributed by atoms with van der Waals surface area (Å²) in [5.74, 6) is -5.76. The summed E-state index contributed by atoms with van der Waals surface area (Å²) in [6.45, 7) is 21.7. The average Bonchev–Trinajstić information content (AvgIpc) is 2.54. The zero-order valence-corrected chi connectivity index (χ0v) is 52.0. The zero-order valence-electron chi connectivity index (χ0n) is 51.1. The number of carbonyl (C=O) groups is 3. The Labute approximate surface area is 496 Å². The number of methoxy groups -OCH3 is 1. The Bertz CT molecular complexity index is 2840. The number of likely N-dealkylation sites (N-methyl/N-ethyl adjacent to an activating group) is 1. The highest BCUT2D eigenvalue weighted by Crippen LogP contribution is 2.49. The molecule has 4 aromatic carbocycles. The Morgan fingerprint density at radius 2 is 1.29 bits per heavy atom. The van der Waals surface area contributed by atoms with Crippen molar-refractivity contribution in [3.05, 3.63) is 145 Å². The third kappa shape index (κ3) is 14.9. The Morgan fingerprint density at radius 1 is 0.750 bits per heavy atom. The first kappa shape index (κ1) is 66.1. The second-order valence-electron chi connectivity index (χ2n) is 23.9. The fourth-order valence-electron chi connectivity index (χ4n) is 12.5. The zero-order chi connectivity index (χ0) is 61.3. The van der Waals surface area contributed by atoms with Crippen LogP contribution < -0.4 is 10.6 Å². The van der Waals surface area contributed by atoms with Crippen LogP contribution in [0.15, 0.2) is 139 Å². The molecule has 0 unspecified atom stereocenters. The lowest BCUT2D eigenvalue weighted by Crippen LogP contribution is -2.62. The number of cyclic esters (lactones) is 1. The molecule has 0 saturated carbocycles. The fraction of sp³-hybridized carbons (Fsp3) is 0.545. The first-order valence-electron chi connectivity index (χ1n) is 29.3. The number of nitrogens with zero attached hydrogens (tertiary/aromatic N) is 2. The van der Waals surface area contributed by atoms with Crippen molar-refractivity contribution in [1.82, 2.24) is 4.90 Å². The minimum absolute atomic E-state index is 0.0166. The molecule has 3 aliphatic rings. The van der Waals surface area contributed by atoms with Gasteiger partial charge < -0.3 is 57.7 Å². The Kier molecular flexibility index (Phi) is 22.3. The molecule has 0 aromatic heterocycles. The van der Waals surface area contributed by atoms with Gasteiger partial charge in [0, 0.05) is 41.7 Å². The molecule has 0 amide bonds. The number of hydrogen-bond donors (Lipinski definition) is 2. The molecule has 18 heteroatoms. The van der Waals surface area contributed by atoms with Crippen LogP contribution in [0, 0.1) is 23.7 Å². The van der Waals surface area contributed by atoms with Gasteiger partial charge in [-0.05, 0) is 129 Å². The topological polar surface area (TPSA) is 207 Å². The van der Waals surface area contributed by atoms with E-state index in [0.29, 0.717) is 28.2 Å². The van der Waals surface area contributed by atoms with Crippen molar-refractivity contribution in [1.29, 1.82) is 0 Å². The average molecular weight is 1180 g/mol. The van der Waals surface area contributed by atoms with Crippen molar-refractivity contribution < 1.29 is 71.8 Å². The van der Waals surface area contributed by atoms with Crippen LogP contribution in [0.2, 0.25) is 0 Å². The van der Waals surface area contributed by atoms with Crippen molar-refractivity contribution >= 4 is 41.5 Å². The fourth-order valence-corrected chi connectivity index (χ4v) is 14.9.